The van der Waals surface area contributed by atoms with Crippen LogP contribution in [0.5, 0.6) is 0 Å². The van der Waals surface area contributed by atoms with Crippen LogP contribution in [0.3, 0.4) is 0 Å². The van der Waals surface area contributed by atoms with Gasteiger partial charge in [-0.3, -0.25) is 11.7 Å². The number of nitrogens with zero attached hydrogens (tertiary/aromatic N) is 2. The Bertz CT molecular complexity index is 117. The molecule has 2 aliphatic rings. The number of piperidine rings is 1. The summed E-state index contributed by atoms with van der Waals surface area (Å²) in [6, 6.07) is 0. The van der Waals surface area contributed by atoms with Gasteiger partial charge in [-0.25, -0.2) is 10.0 Å². The van der Waals surface area contributed by atoms with Crippen molar-refractivity contribution in [3.05, 3.63) is 0 Å². The van der Waals surface area contributed by atoms with E-state index in [1.54, 1.807) is 0 Å². The third-order valence-corrected chi connectivity index (χ3v) is 2.53. The summed E-state index contributed by atoms with van der Waals surface area (Å²) < 4.78 is 0. The van der Waals surface area contributed by atoms with E-state index < -0.39 is 0 Å². The van der Waals surface area contributed by atoms with Gasteiger partial charge in [-0.15, -0.1) is 0 Å². The minimum Gasteiger partial charge on any atom is -0.269 e. The van der Waals surface area contributed by atoms with Gasteiger partial charge in [0.2, 0.25) is 0 Å². The Kier molecular flexibility index (Phi) is 5.31. The normalized spacial score (nSPS) is 25.4. The van der Waals surface area contributed by atoms with Crippen molar-refractivity contribution in [2.45, 2.75) is 32.1 Å². The van der Waals surface area contributed by atoms with Gasteiger partial charge in [-0.05, 0) is 25.7 Å². The number of hydrazine groups is 2. The van der Waals surface area contributed by atoms with Crippen LogP contribution in [0.25, 0.3) is 0 Å². The molecule has 0 spiro atoms. The van der Waals surface area contributed by atoms with Gasteiger partial charge in [0.1, 0.15) is 0 Å². The zero-order valence-corrected chi connectivity index (χ0v) is 8.41. The van der Waals surface area contributed by atoms with E-state index in [4.69, 9.17) is 11.7 Å². The third-order valence-electron chi connectivity index (χ3n) is 2.53. The van der Waals surface area contributed by atoms with Crippen molar-refractivity contribution in [2.24, 2.45) is 11.7 Å². The molecule has 0 saturated carbocycles. The van der Waals surface area contributed by atoms with Gasteiger partial charge in [0.15, 0.2) is 0 Å². The summed E-state index contributed by atoms with van der Waals surface area (Å²) in [5.41, 5.74) is 0. The zero-order chi connectivity index (χ0) is 9.52. The van der Waals surface area contributed by atoms with Gasteiger partial charge in [0, 0.05) is 26.2 Å². The molecule has 2 fully saturated rings. The largest absolute Gasteiger partial charge is 0.269 e. The lowest BCUT2D eigenvalue weighted by Crippen LogP contribution is -2.35. The van der Waals surface area contributed by atoms with Crippen LogP contribution >= 0.6 is 0 Å². The average Bonchev–Trinajstić information content (AvgIpc) is 2.58. The van der Waals surface area contributed by atoms with Crippen LogP contribution in [-0.2, 0) is 0 Å². The predicted molar refractivity (Wildman–Crippen MR) is 54.6 cm³/mol. The first-order valence-corrected chi connectivity index (χ1v) is 5.28. The van der Waals surface area contributed by atoms with Crippen molar-refractivity contribution < 1.29 is 0 Å². The molecular formula is C9H22N4. The topological polar surface area (TPSA) is 58.5 Å². The second-order valence-electron chi connectivity index (χ2n) is 3.84. The summed E-state index contributed by atoms with van der Waals surface area (Å²) in [6.07, 6.45) is 6.52. The number of rotatable bonds is 0. The molecule has 2 saturated heterocycles. The van der Waals surface area contributed by atoms with E-state index in [2.05, 4.69) is 0 Å². The molecule has 2 heterocycles. The molecule has 0 aromatic heterocycles. The van der Waals surface area contributed by atoms with Gasteiger partial charge < -0.3 is 0 Å². The van der Waals surface area contributed by atoms with Crippen LogP contribution in [0.1, 0.15) is 32.1 Å². The molecule has 0 amide bonds. The lowest BCUT2D eigenvalue weighted by atomic mass is 10.2. The maximum absolute atomic E-state index is 5.47. The molecule has 0 unspecified atom stereocenters. The fourth-order valence-electron chi connectivity index (χ4n) is 1.66. The molecule has 2 rings (SSSR count). The maximum Gasteiger partial charge on any atom is 0.0129 e. The predicted octanol–water partition coefficient (Wildman–Crippen LogP) is 0.302. The lowest BCUT2D eigenvalue weighted by molar-refractivity contribution is 0.235. The zero-order valence-electron chi connectivity index (χ0n) is 8.41. The number of nitrogens with two attached hydrogens (primary N) is 2. The van der Waals surface area contributed by atoms with Crippen LogP contribution in [-0.4, -0.2) is 36.2 Å². The molecule has 4 nitrogen and oxygen atoms in total. The molecule has 0 radical (unpaired) electrons. The molecule has 0 aliphatic carbocycles. The van der Waals surface area contributed by atoms with Crippen molar-refractivity contribution in [3.63, 3.8) is 0 Å². The number of hydrogen-bond acceptors (Lipinski definition) is 4. The summed E-state index contributed by atoms with van der Waals surface area (Å²) in [7, 11) is 0. The van der Waals surface area contributed by atoms with Crippen LogP contribution in [0, 0.1) is 0 Å². The minimum absolute atomic E-state index is 1.10. The molecule has 2 aliphatic heterocycles. The van der Waals surface area contributed by atoms with Gasteiger partial charge in [0.25, 0.3) is 0 Å². The van der Waals surface area contributed by atoms with Crippen LogP contribution in [0.4, 0.5) is 0 Å². The van der Waals surface area contributed by atoms with Gasteiger partial charge in [0.05, 0.1) is 0 Å². The summed E-state index contributed by atoms with van der Waals surface area (Å²) in [6.45, 7) is 4.39. The van der Waals surface area contributed by atoms with Gasteiger partial charge in [-0.1, -0.05) is 6.42 Å². The average molecular weight is 186 g/mol. The van der Waals surface area contributed by atoms with Crippen molar-refractivity contribution in [3.8, 4) is 0 Å². The van der Waals surface area contributed by atoms with E-state index in [0.29, 0.717) is 0 Å². The standard InChI is InChI=1S/C5H12N2.C4H10N2/c6-7-4-2-1-3-5-7;5-6-3-1-2-4-6/h1-6H2;1-5H2. The highest BCUT2D eigenvalue weighted by molar-refractivity contribution is 4.57. The fraction of sp³-hybridized carbons (Fsp3) is 1.00. The van der Waals surface area contributed by atoms with E-state index in [9.17, 15) is 0 Å². The molecule has 0 aromatic rings. The maximum atomic E-state index is 5.47. The van der Waals surface area contributed by atoms with E-state index in [1.807, 2.05) is 10.0 Å². The van der Waals surface area contributed by atoms with Crippen molar-refractivity contribution in [2.75, 3.05) is 26.2 Å². The summed E-state index contributed by atoms with van der Waals surface area (Å²) in [4.78, 5) is 0. The van der Waals surface area contributed by atoms with Crippen molar-refractivity contribution in [1.82, 2.24) is 10.0 Å². The molecule has 0 atom stereocenters. The highest BCUT2D eigenvalue weighted by atomic mass is 15.4. The summed E-state index contributed by atoms with van der Waals surface area (Å²) in [5.74, 6) is 10.8. The Morgan fingerprint density at radius 1 is 0.538 bits per heavy atom. The summed E-state index contributed by atoms with van der Waals surface area (Å²) in [5, 5.41) is 3.75. The monoisotopic (exact) mass is 186 g/mol. The quantitative estimate of drug-likeness (QED) is 0.534. The Balaban J connectivity index is 0.000000132. The van der Waals surface area contributed by atoms with Crippen LogP contribution < -0.4 is 11.7 Å². The molecule has 0 bridgehead atoms. The first kappa shape index (κ1) is 10.9. The van der Waals surface area contributed by atoms with E-state index in [-0.39, 0.29) is 0 Å². The SMILES string of the molecule is NN1CCCC1.NN1CCCCC1. The van der Waals surface area contributed by atoms with E-state index in [1.165, 1.54) is 32.1 Å². The lowest BCUT2D eigenvalue weighted by Gasteiger charge is -2.20. The van der Waals surface area contributed by atoms with Crippen molar-refractivity contribution in [1.29, 1.82) is 0 Å². The first-order valence-electron chi connectivity index (χ1n) is 5.28. The second-order valence-corrected chi connectivity index (χ2v) is 3.84. The smallest absolute Gasteiger partial charge is 0.0129 e. The Morgan fingerprint density at radius 2 is 0.846 bits per heavy atom. The molecule has 4 heteroatoms. The molecule has 0 aromatic carbocycles. The number of hydrogen-bond donors (Lipinski definition) is 2. The van der Waals surface area contributed by atoms with Crippen LogP contribution in [0.15, 0.2) is 0 Å². The molecule has 78 valence electrons. The fourth-order valence-corrected chi connectivity index (χ4v) is 1.66. The van der Waals surface area contributed by atoms with Gasteiger partial charge >= 0.3 is 0 Å². The molecule has 4 N–H and O–H groups in total. The second kappa shape index (κ2) is 6.32. The first-order chi connectivity index (χ1) is 6.29. The Morgan fingerprint density at radius 3 is 1.08 bits per heavy atom. The van der Waals surface area contributed by atoms with Crippen molar-refractivity contribution >= 4 is 0 Å². The van der Waals surface area contributed by atoms with Crippen LogP contribution in [0.2, 0.25) is 0 Å². The molecule has 13 heavy (non-hydrogen) atoms. The minimum atomic E-state index is 1.10. The van der Waals surface area contributed by atoms with Gasteiger partial charge in [-0.2, -0.15) is 0 Å². The molecular weight excluding hydrogens is 164 g/mol. The Hall–Kier alpha value is -0.160. The highest BCUT2D eigenvalue weighted by Crippen LogP contribution is 2.03. The third kappa shape index (κ3) is 5.21. The van der Waals surface area contributed by atoms with E-state index in [0.717, 1.165) is 26.2 Å². The van der Waals surface area contributed by atoms with E-state index >= 15 is 0 Å². The summed E-state index contributed by atoms with van der Waals surface area (Å²) >= 11 is 0. The highest BCUT2D eigenvalue weighted by Gasteiger charge is 2.04. The Labute approximate surface area is 80.8 Å².